The number of hydrogen-bond donors (Lipinski definition) is 2. The number of aromatic amines is 1. The molecule has 4 amide bonds. The molecular formula is C40H53N7O8. The van der Waals surface area contributed by atoms with Crippen molar-refractivity contribution in [3.63, 3.8) is 0 Å². The van der Waals surface area contributed by atoms with E-state index in [4.69, 9.17) is 13.9 Å². The predicted molar refractivity (Wildman–Crippen MR) is 205 cm³/mol. The number of para-hydroxylation sites is 1. The van der Waals surface area contributed by atoms with Gasteiger partial charge in [0.25, 0.3) is 5.91 Å². The molecule has 0 radical (unpaired) electrons. The fourth-order valence-corrected chi connectivity index (χ4v) is 8.63. The summed E-state index contributed by atoms with van der Waals surface area (Å²) in [7, 11) is 3.89. The van der Waals surface area contributed by atoms with Gasteiger partial charge in [0.1, 0.15) is 12.6 Å². The van der Waals surface area contributed by atoms with Crippen molar-refractivity contribution in [2.45, 2.75) is 82.5 Å². The van der Waals surface area contributed by atoms with Crippen molar-refractivity contribution in [3.8, 4) is 0 Å². The average Bonchev–Trinajstić information content (AvgIpc) is 3.78. The maximum Gasteiger partial charge on any atom is 0.417 e. The van der Waals surface area contributed by atoms with Crippen LogP contribution in [-0.2, 0) is 31.9 Å². The Hall–Kier alpha value is -4.89. The van der Waals surface area contributed by atoms with E-state index in [1.165, 1.54) is 0 Å². The van der Waals surface area contributed by atoms with Gasteiger partial charge < -0.3 is 38.8 Å². The van der Waals surface area contributed by atoms with Crippen LogP contribution in [0.5, 0.6) is 0 Å². The van der Waals surface area contributed by atoms with Crippen LogP contribution in [0.2, 0.25) is 0 Å². The van der Waals surface area contributed by atoms with Gasteiger partial charge in [-0.25, -0.2) is 14.4 Å². The highest BCUT2D eigenvalue weighted by Crippen LogP contribution is 2.29. The van der Waals surface area contributed by atoms with Gasteiger partial charge in [0.15, 0.2) is 11.7 Å². The van der Waals surface area contributed by atoms with E-state index in [1.807, 2.05) is 61.2 Å². The summed E-state index contributed by atoms with van der Waals surface area (Å²) in [6, 6.07) is 11.1. The number of likely N-dealkylation sites (tertiary alicyclic amines) is 3. The van der Waals surface area contributed by atoms with E-state index >= 15 is 0 Å². The van der Waals surface area contributed by atoms with Gasteiger partial charge in [-0.2, -0.15) is 0 Å². The zero-order valence-electron chi connectivity index (χ0n) is 32.1. The fraction of sp³-hybridized carbons (Fsp3) is 0.575. The topological polar surface area (TPSA) is 161 Å². The van der Waals surface area contributed by atoms with Crippen LogP contribution in [0.25, 0.3) is 11.1 Å². The van der Waals surface area contributed by atoms with E-state index in [9.17, 15) is 24.0 Å². The first-order valence-corrected chi connectivity index (χ1v) is 19.6. The van der Waals surface area contributed by atoms with Gasteiger partial charge in [0.2, 0.25) is 0 Å². The molecule has 5 heterocycles. The van der Waals surface area contributed by atoms with Gasteiger partial charge in [0, 0.05) is 63.5 Å². The second kappa shape index (κ2) is 16.9. The summed E-state index contributed by atoms with van der Waals surface area (Å²) < 4.78 is 17.0. The first-order valence-electron chi connectivity index (χ1n) is 19.6. The highest BCUT2D eigenvalue weighted by Gasteiger charge is 2.40. The Morgan fingerprint density at radius 2 is 1.65 bits per heavy atom. The molecule has 0 bridgehead atoms. The second-order valence-electron chi connectivity index (χ2n) is 15.5. The lowest BCUT2D eigenvalue weighted by Crippen LogP contribution is -2.53. The molecule has 15 nitrogen and oxygen atoms in total. The van der Waals surface area contributed by atoms with Crippen molar-refractivity contribution in [2.24, 2.45) is 0 Å². The molecule has 0 spiro atoms. The van der Waals surface area contributed by atoms with Crippen LogP contribution in [0.3, 0.4) is 0 Å². The number of nitrogens with zero attached hydrogens (tertiary/aromatic N) is 5. The Kier molecular flexibility index (Phi) is 11.8. The SMILES string of the molecule is Cc1cc(C[C@@H](OC(=O)N2CCC(N3CCc4ccccc4NC3=O)CC2)C(=O)N2CCC(N3CCC[C@@H]3C(=O)OCCN(C)C)CC2)cc2oc(=O)[nH]c12. The molecule has 296 valence electrons. The number of oxazole rings is 1. The maximum atomic E-state index is 14.3. The number of likely N-dealkylation sites (N-methyl/N-ethyl adjacent to an activating group) is 1. The Bertz CT molecular complexity index is 1930. The van der Waals surface area contributed by atoms with E-state index in [2.05, 4.69) is 15.2 Å². The van der Waals surface area contributed by atoms with Crippen LogP contribution in [0.15, 0.2) is 45.6 Å². The number of carbonyl (C=O) groups excluding carboxylic acids is 4. The van der Waals surface area contributed by atoms with Crippen molar-refractivity contribution in [3.05, 3.63) is 63.6 Å². The number of anilines is 1. The van der Waals surface area contributed by atoms with E-state index in [-0.39, 0.29) is 42.5 Å². The molecule has 55 heavy (non-hydrogen) atoms. The number of esters is 1. The van der Waals surface area contributed by atoms with Crippen LogP contribution in [0.4, 0.5) is 15.3 Å². The quantitative estimate of drug-likeness (QED) is 0.293. The van der Waals surface area contributed by atoms with Crippen LogP contribution in [0.1, 0.15) is 55.2 Å². The molecule has 2 atom stereocenters. The molecule has 7 rings (SSSR count). The number of urea groups is 1. The molecule has 3 aromatic rings. The number of ether oxygens (including phenoxy) is 2. The molecule has 2 aromatic carbocycles. The van der Waals surface area contributed by atoms with Crippen LogP contribution in [0, 0.1) is 6.92 Å². The van der Waals surface area contributed by atoms with Crippen LogP contribution < -0.4 is 11.1 Å². The number of fused-ring (bicyclic) bond motifs is 2. The van der Waals surface area contributed by atoms with Crippen molar-refractivity contribution in [1.82, 2.24) is 29.5 Å². The summed E-state index contributed by atoms with van der Waals surface area (Å²) >= 11 is 0. The lowest BCUT2D eigenvalue weighted by atomic mass is 9.99. The van der Waals surface area contributed by atoms with Crippen molar-refractivity contribution in [2.75, 3.05) is 71.8 Å². The summed E-state index contributed by atoms with van der Waals surface area (Å²) in [6.07, 6.45) is 3.43. The summed E-state index contributed by atoms with van der Waals surface area (Å²) in [5.41, 5.74) is 4.38. The third-order valence-corrected chi connectivity index (χ3v) is 11.6. The number of aryl methyl sites for hydroxylation is 1. The molecule has 4 aliphatic heterocycles. The van der Waals surface area contributed by atoms with Crippen LogP contribution >= 0.6 is 0 Å². The number of hydrogen-bond acceptors (Lipinski definition) is 10. The van der Waals surface area contributed by atoms with E-state index in [1.54, 1.807) is 15.9 Å². The van der Waals surface area contributed by atoms with E-state index < -0.39 is 18.0 Å². The highest BCUT2D eigenvalue weighted by atomic mass is 16.6. The van der Waals surface area contributed by atoms with Gasteiger partial charge in [-0.05, 0) is 101 Å². The number of H-pyrrole nitrogens is 1. The van der Waals surface area contributed by atoms with Gasteiger partial charge >= 0.3 is 23.8 Å². The number of aromatic nitrogens is 1. The largest absolute Gasteiger partial charge is 0.463 e. The normalized spacial score (nSPS) is 20.7. The molecule has 2 N–H and O–H groups in total. The molecule has 0 unspecified atom stereocenters. The fourth-order valence-electron chi connectivity index (χ4n) is 8.63. The Morgan fingerprint density at radius 3 is 2.42 bits per heavy atom. The summed E-state index contributed by atoms with van der Waals surface area (Å²) in [6.45, 7) is 6.00. The van der Waals surface area contributed by atoms with Gasteiger partial charge in [0.05, 0.1) is 5.52 Å². The van der Waals surface area contributed by atoms with Gasteiger partial charge in [-0.3, -0.25) is 19.5 Å². The molecule has 15 heteroatoms. The minimum Gasteiger partial charge on any atom is -0.463 e. The lowest BCUT2D eigenvalue weighted by molar-refractivity contribution is -0.151. The van der Waals surface area contributed by atoms with Gasteiger partial charge in [-0.15, -0.1) is 0 Å². The molecule has 4 aliphatic rings. The standard InChI is InChI=1S/C40H53N7O8/c1-26-23-27(24-33-35(26)42-39(51)54-33)25-34(36(48)44-16-11-29(12-17-44)46-15-6-9-32(46)37(49)53-22-21-43(2)3)55-40(52)45-18-13-30(14-19-45)47-20-10-28-7-4-5-8-31(28)41-38(47)50/h4-5,7-8,23-24,29-30,32,34H,6,9-22,25H2,1-3H3,(H,41,50)(H,42,51)/t32-,34-/m1/s1. The van der Waals surface area contributed by atoms with Crippen molar-refractivity contribution in [1.29, 1.82) is 0 Å². The first-order chi connectivity index (χ1) is 26.5. The lowest BCUT2D eigenvalue weighted by Gasteiger charge is -2.40. The smallest absolute Gasteiger partial charge is 0.417 e. The minimum atomic E-state index is -1.11. The minimum absolute atomic E-state index is 0.0297. The predicted octanol–water partition coefficient (Wildman–Crippen LogP) is 3.59. The van der Waals surface area contributed by atoms with Crippen LogP contribution in [-0.4, -0.2) is 144 Å². The number of rotatable bonds is 10. The molecule has 3 fully saturated rings. The van der Waals surface area contributed by atoms with Crippen molar-refractivity contribution >= 4 is 40.8 Å². The Morgan fingerprint density at radius 1 is 0.927 bits per heavy atom. The number of piperidine rings is 2. The van der Waals surface area contributed by atoms with E-state index in [0.717, 1.165) is 42.6 Å². The second-order valence-corrected chi connectivity index (χ2v) is 15.5. The number of amides is 4. The molecule has 3 saturated heterocycles. The number of carbonyl (C=O) groups is 4. The molecule has 0 aliphatic carbocycles. The summed E-state index contributed by atoms with van der Waals surface area (Å²) in [5.74, 6) is -1.03. The highest BCUT2D eigenvalue weighted by molar-refractivity contribution is 5.91. The third kappa shape index (κ3) is 8.83. The maximum absolute atomic E-state index is 14.3. The monoisotopic (exact) mass is 759 g/mol. The molecular weight excluding hydrogens is 706 g/mol. The zero-order valence-corrected chi connectivity index (χ0v) is 32.1. The van der Waals surface area contributed by atoms with Crippen molar-refractivity contribution < 1.29 is 33.1 Å². The Labute approximate surface area is 320 Å². The molecule has 1 aromatic heterocycles. The van der Waals surface area contributed by atoms with Gasteiger partial charge in [-0.1, -0.05) is 24.3 Å². The summed E-state index contributed by atoms with van der Waals surface area (Å²) in [4.78, 5) is 78.3. The average molecular weight is 760 g/mol. The molecule has 0 saturated carbocycles. The first kappa shape index (κ1) is 38.4. The third-order valence-electron chi connectivity index (χ3n) is 11.6. The summed E-state index contributed by atoms with van der Waals surface area (Å²) in [5, 5.41) is 3.04. The Balaban J connectivity index is 0.994. The number of benzene rings is 2. The number of nitrogens with one attached hydrogen (secondary N) is 2. The zero-order chi connectivity index (χ0) is 38.6. The van der Waals surface area contributed by atoms with E-state index in [0.29, 0.717) is 88.2 Å².